The molecule has 1 aromatic carbocycles. The molecule has 3 N–H and O–H groups in total. The number of anilines is 1. The molecule has 0 radical (unpaired) electrons. The number of rotatable bonds is 14. The second-order valence-corrected chi connectivity index (χ2v) is 9.67. The van der Waals surface area contributed by atoms with Gasteiger partial charge >= 0.3 is 5.97 Å². The summed E-state index contributed by atoms with van der Waals surface area (Å²) in [6, 6.07) is 4.78. The molecule has 13 heteroatoms. The maximum absolute atomic E-state index is 15.0. The molecule has 2 unspecified atom stereocenters. The van der Waals surface area contributed by atoms with Crippen LogP contribution >= 0.6 is 0 Å². The van der Waals surface area contributed by atoms with Crippen LogP contribution in [-0.2, 0) is 35.2 Å². The zero-order chi connectivity index (χ0) is 28.3. The van der Waals surface area contributed by atoms with Crippen molar-refractivity contribution in [2.75, 3.05) is 51.5 Å². The molecular weight excluding hydrogens is 523 g/mol. The van der Waals surface area contributed by atoms with Crippen LogP contribution in [0.25, 0.3) is 11.1 Å². The molecule has 0 aliphatic carbocycles. The minimum atomic E-state index is -0.693. The Morgan fingerprint density at radius 3 is 2.75 bits per heavy atom. The molecule has 3 heterocycles. The predicted molar refractivity (Wildman–Crippen MR) is 144 cm³/mol. The number of carbonyl (C=O) groups excluding carboxylic acids is 1. The van der Waals surface area contributed by atoms with Crippen molar-refractivity contribution in [1.82, 2.24) is 9.97 Å². The first kappa shape index (κ1) is 29.3. The average molecular weight is 559 g/mol. The van der Waals surface area contributed by atoms with Crippen LogP contribution in [0.2, 0.25) is 0 Å². The van der Waals surface area contributed by atoms with Crippen LogP contribution in [0.5, 0.6) is 0 Å². The Labute approximate surface area is 232 Å². The highest BCUT2D eigenvalue weighted by Gasteiger charge is 2.26. The fourth-order valence-corrected chi connectivity index (χ4v) is 4.20. The molecule has 2 aliphatic heterocycles. The van der Waals surface area contributed by atoms with Gasteiger partial charge in [-0.05, 0) is 19.3 Å². The monoisotopic (exact) mass is 558 g/mol. The third kappa shape index (κ3) is 8.41. The predicted octanol–water partition coefficient (Wildman–Crippen LogP) is 2.65. The van der Waals surface area contributed by atoms with Crippen molar-refractivity contribution in [3.63, 3.8) is 0 Å². The number of nitrogens with two attached hydrogens (primary N) is 1. The van der Waals surface area contributed by atoms with Gasteiger partial charge in [-0.2, -0.15) is 0 Å². The molecule has 0 spiro atoms. The summed E-state index contributed by atoms with van der Waals surface area (Å²) in [5.74, 6) is -1.00. The van der Waals surface area contributed by atoms with Crippen molar-refractivity contribution < 1.29 is 33.0 Å². The van der Waals surface area contributed by atoms with Crippen LogP contribution in [0.1, 0.15) is 31.2 Å². The third-order valence-electron chi connectivity index (χ3n) is 6.34. The van der Waals surface area contributed by atoms with Crippen molar-refractivity contribution in [1.29, 1.82) is 5.41 Å². The van der Waals surface area contributed by atoms with Crippen molar-refractivity contribution in [2.45, 2.75) is 38.6 Å². The van der Waals surface area contributed by atoms with Gasteiger partial charge < -0.3 is 34.4 Å². The van der Waals surface area contributed by atoms with Gasteiger partial charge in [0.15, 0.2) is 6.29 Å². The van der Waals surface area contributed by atoms with Crippen molar-refractivity contribution in [3.8, 4) is 11.1 Å². The number of hydrogen-bond donors (Lipinski definition) is 2. The maximum atomic E-state index is 15.0. The summed E-state index contributed by atoms with van der Waals surface area (Å²) in [6.45, 7) is 2.86. The van der Waals surface area contributed by atoms with Gasteiger partial charge in [0.1, 0.15) is 31.3 Å². The molecule has 216 valence electrons. The highest BCUT2D eigenvalue weighted by molar-refractivity contribution is 5.98. The number of halogens is 1. The highest BCUT2D eigenvalue weighted by atomic mass is 19.1. The second kappa shape index (κ2) is 14.6. The van der Waals surface area contributed by atoms with E-state index in [-0.39, 0.29) is 42.2 Å². The first-order chi connectivity index (χ1) is 19.4. The molecule has 1 aromatic heterocycles. The van der Waals surface area contributed by atoms with E-state index in [0.29, 0.717) is 44.4 Å². The van der Waals surface area contributed by atoms with E-state index in [0.717, 1.165) is 31.6 Å². The molecule has 40 heavy (non-hydrogen) atoms. The van der Waals surface area contributed by atoms with Crippen LogP contribution in [0.3, 0.4) is 0 Å². The number of ether oxygens (including phenoxy) is 4. The number of amidine groups is 1. The normalized spacial score (nSPS) is 17.6. The SMILES string of the molecule is COCC(CON=C1CN(c2ncc(-c3cccc(COC(=O)CC(=N)N)c3F)cn2)C1)COC1CCCCO1. The van der Waals surface area contributed by atoms with Gasteiger partial charge in [0.25, 0.3) is 0 Å². The van der Waals surface area contributed by atoms with Crippen LogP contribution in [0, 0.1) is 17.1 Å². The minimum absolute atomic E-state index is 0.0402. The summed E-state index contributed by atoms with van der Waals surface area (Å²) < 4.78 is 36.8. The summed E-state index contributed by atoms with van der Waals surface area (Å²) >= 11 is 0. The van der Waals surface area contributed by atoms with E-state index in [9.17, 15) is 4.79 Å². The fraction of sp³-hybridized carbons (Fsp3) is 0.519. The lowest BCUT2D eigenvalue weighted by molar-refractivity contribution is -0.174. The van der Waals surface area contributed by atoms with Gasteiger partial charge in [0.05, 0.1) is 32.0 Å². The van der Waals surface area contributed by atoms with Gasteiger partial charge in [-0.1, -0.05) is 23.4 Å². The van der Waals surface area contributed by atoms with Gasteiger partial charge in [0.2, 0.25) is 5.95 Å². The van der Waals surface area contributed by atoms with Crippen LogP contribution < -0.4 is 10.6 Å². The molecule has 2 atom stereocenters. The first-order valence-electron chi connectivity index (χ1n) is 13.2. The van der Waals surface area contributed by atoms with Crippen molar-refractivity contribution >= 4 is 23.5 Å². The third-order valence-corrected chi connectivity index (χ3v) is 6.34. The van der Waals surface area contributed by atoms with Gasteiger partial charge in [-0.3, -0.25) is 10.2 Å². The van der Waals surface area contributed by atoms with Gasteiger partial charge in [-0.15, -0.1) is 0 Å². The Morgan fingerprint density at radius 1 is 1.25 bits per heavy atom. The maximum Gasteiger partial charge on any atom is 0.313 e. The Bertz CT molecular complexity index is 1170. The summed E-state index contributed by atoms with van der Waals surface area (Å²) in [4.78, 5) is 27.9. The minimum Gasteiger partial charge on any atom is -0.460 e. The highest BCUT2D eigenvalue weighted by Crippen LogP contribution is 2.26. The topological polar surface area (TPSA) is 154 Å². The van der Waals surface area contributed by atoms with Crippen LogP contribution in [0.15, 0.2) is 35.7 Å². The summed E-state index contributed by atoms with van der Waals surface area (Å²) in [6.07, 6.45) is 5.68. The Hall–Kier alpha value is -3.68. The number of esters is 1. The average Bonchev–Trinajstić information content (AvgIpc) is 2.93. The number of methoxy groups -OCH3 is 1. The van der Waals surface area contributed by atoms with E-state index >= 15 is 4.39 Å². The molecule has 2 fully saturated rings. The lowest BCUT2D eigenvalue weighted by atomic mass is 10.1. The second-order valence-electron chi connectivity index (χ2n) is 9.67. The van der Waals surface area contributed by atoms with Gasteiger partial charge in [0, 0.05) is 48.7 Å². The van der Waals surface area contributed by atoms with E-state index in [1.165, 1.54) is 6.07 Å². The molecule has 0 amide bonds. The number of nitrogens with zero attached hydrogens (tertiary/aromatic N) is 4. The number of aromatic nitrogens is 2. The number of hydrogen-bond acceptors (Lipinski definition) is 11. The summed E-state index contributed by atoms with van der Waals surface area (Å²) in [5.41, 5.74) is 7.02. The standard InChI is InChI=1S/C27H35FN6O6/c1-36-14-18(15-39-25-7-2-3-8-37-25)16-40-33-21-12-34(13-21)27-31-10-20(11-32-27)22-6-4-5-19(26(22)28)17-38-24(35)9-23(29)30/h4-6,10-11,18,25H,2-3,7-9,12-17H2,1H3,(H3,29,30). The molecule has 12 nitrogen and oxygen atoms in total. The number of benzene rings is 1. The molecule has 0 saturated carbocycles. The lowest BCUT2D eigenvalue weighted by Gasteiger charge is -2.32. The zero-order valence-corrected chi connectivity index (χ0v) is 22.5. The largest absolute Gasteiger partial charge is 0.460 e. The van der Waals surface area contributed by atoms with Gasteiger partial charge in [-0.25, -0.2) is 14.4 Å². The Kier molecular flexibility index (Phi) is 10.7. The molecule has 2 aromatic rings. The quantitative estimate of drug-likeness (QED) is 0.153. The first-order valence-corrected chi connectivity index (χ1v) is 13.2. The van der Waals surface area contributed by atoms with Crippen molar-refractivity contribution in [2.24, 2.45) is 16.8 Å². The van der Waals surface area contributed by atoms with E-state index in [1.54, 1.807) is 31.6 Å². The van der Waals surface area contributed by atoms with E-state index < -0.39 is 11.8 Å². The Morgan fingerprint density at radius 2 is 2.05 bits per heavy atom. The van der Waals surface area contributed by atoms with E-state index in [2.05, 4.69) is 15.1 Å². The summed E-state index contributed by atoms with van der Waals surface area (Å²) in [7, 11) is 1.64. The van der Waals surface area contributed by atoms with Crippen LogP contribution in [0.4, 0.5) is 10.3 Å². The molecule has 4 rings (SSSR count). The number of carbonyl (C=O) groups is 1. The number of nitrogens with one attached hydrogen (secondary N) is 1. The molecule has 2 aliphatic rings. The zero-order valence-electron chi connectivity index (χ0n) is 22.5. The Balaban J connectivity index is 1.24. The number of oxime groups is 1. The van der Waals surface area contributed by atoms with E-state index in [1.807, 2.05) is 4.90 Å². The fourth-order valence-electron chi connectivity index (χ4n) is 4.20. The smallest absolute Gasteiger partial charge is 0.313 e. The molecule has 0 bridgehead atoms. The van der Waals surface area contributed by atoms with Crippen LogP contribution in [-0.4, -0.2) is 80.4 Å². The van der Waals surface area contributed by atoms with Crippen molar-refractivity contribution in [3.05, 3.63) is 42.0 Å². The lowest BCUT2D eigenvalue weighted by Crippen LogP contribution is -2.48. The molecular formula is C27H35FN6O6. The molecule has 2 saturated heterocycles. The van der Waals surface area contributed by atoms with E-state index in [4.69, 9.17) is 34.9 Å². The summed E-state index contributed by atoms with van der Waals surface area (Å²) in [5, 5.41) is 11.4.